The Hall–Kier alpha value is -2.37. The molecule has 0 fully saturated rings. The summed E-state index contributed by atoms with van der Waals surface area (Å²) >= 11 is 0. The van der Waals surface area contributed by atoms with E-state index in [1.807, 2.05) is 13.0 Å². The summed E-state index contributed by atoms with van der Waals surface area (Å²) < 4.78 is 45.9. The second-order valence-corrected chi connectivity index (χ2v) is 4.47. The molecule has 2 aromatic rings. The molecule has 0 spiro atoms. The highest BCUT2D eigenvalue weighted by Crippen LogP contribution is 2.36. The van der Waals surface area contributed by atoms with Crippen LogP contribution in [0.15, 0.2) is 36.4 Å². The van der Waals surface area contributed by atoms with Crippen LogP contribution in [-0.4, -0.2) is 18.6 Å². The van der Waals surface area contributed by atoms with Gasteiger partial charge in [0, 0.05) is 11.6 Å². The van der Waals surface area contributed by atoms with Crippen molar-refractivity contribution in [2.24, 2.45) is 0 Å². The summed E-state index contributed by atoms with van der Waals surface area (Å²) in [5.74, 6) is -0.319. The largest absolute Gasteiger partial charge is 0.573 e. The van der Waals surface area contributed by atoms with Gasteiger partial charge in [0.05, 0.1) is 7.11 Å². The van der Waals surface area contributed by atoms with E-state index in [1.165, 1.54) is 19.2 Å². The Morgan fingerprint density at radius 1 is 1.05 bits per heavy atom. The predicted molar refractivity (Wildman–Crippen MR) is 71.5 cm³/mol. The minimum atomic E-state index is -4.82. The van der Waals surface area contributed by atoms with E-state index in [4.69, 9.17) is 4.74 Å². The molecule has 2 aromatic carbocycles. The highest BCUT2D eigenvalue weighted by atomic mass is 19.4. The Labute approximate surface area is 119 Å². The molecule has 6 heteroatoms. The molecule has 0 bridgehead atoms. The van der Waals surface area contributed by atoms with Crippen LogP contribution in [0.4, 0.5) is 13.2 Å². The molecule has 0 aliphatic heterocycles. The zero-order valence-corrected chi connectivity index (χ0v) is 11.4. The first-order chi connectivity index (χ1) is 9.78. The number of rotatable bonds is 3. The quantitative estimate of drug-likeness (QED) is 0.919. The third kappa shape index (κ3) is 3.81. The Morgan fingerprint density at radius 2 is 1.76 bits per heavy atom. The molecule has 0 saturated carbocycles. The van der Waals surface area contributed by atoms with Gasteiger partial charge in [-0.25, -0.2) is 0 Å². The number of alkyl halides is 3. The lowest BCUT2D eigenvalue weighted by molar-refractivity contribution is -0.274. The number of benzene rings is 2. The molecule has 0 atom stereocenters. The minimum Gasteiger partial charge on any atom is -0.508 e. The van der Waals surface area contributed by atoms with Crippen molar-refractivity contribution in [2.75, 3.05) is 7.11 Å². The van der Waals surface area contributed by atoms with Crippen molar-refractivity contribution in [2.45, 2.75) is 13.3 Å². The van der Waals surface area contributed by atoms with Crippen LogP contribution in [0.5, 0.6) is 17.2 Å². The molecule has 0 aromatic heterocycles. The van der Waals surface area contributed by atoms with Crippen molar-refractivity contribution in [3.05, 3.63) is 42.0 Å². The van der Waals surface area contributed by atoms with Gasteiger partial charge in [0.1, 0.15) is 17.2 Å². The van der Waals surface area contributed by atoms with Crippen molar-refractivity contribution in [1.82, 2.24) is 0 Å². The Bertz CT molecular complexity index is 651. The van der Waals surface area contributed by atoms with E-state index in [2.05, 4.69) is 4.74 Å². The van der Waals surface area contributed by atoms with Crippen LogP contribution in [0.1, 0.15) is 5.56 Å². The molecule has 0 aliphatic rings. The molecule has 112 valence electrons. The van der Waals surface area contributed by atoms with Crippen molar-refractivity contribution < 1.29 is 27.8 Å². The lowest BCUT2D eigenvalue weighted by Crippen LogP contribution is -2.17. The first-order valence-corrected chi connectivity index (χ1v) is 6.03. The number of hydrogen-bond acceptors (Lipinski definition) is 3. The normalized spacial score (nSPS) is 11.3. The van der Waals surface area contributed by atoms with Crippen LogP contribution in [-0.2, 0) is 0 Å². The molecular weight excluding hydrogens is 285 g/mol. The van der Waals surface area contributed by atoms with E-state index in [1.54, 1.807) is 12.1 Å². The van der Waals surface area contributed by atoms with Gasteiger partial charge in [-0.15, -0.1) is 13.2 Å². The monoisotopic (exact) mass is 298 g/mol. The van der Waals surface area contributed by atoms with Gasteiger partial charge in [0.25, 0.3) is 0 Å². The van der Waals surface area contributed by atoms with Crippen LogP contribution < -0.4 is 9.47 Å². The molecule has 0 aliphatic carbocycles. The fourth-order valence-corrected chi connectivity index (χ4v) is 1.98. The molecular formula is C15H13F3O3. The van der Waals surface area contributed by atoms with E-state index in [0.29, 0.717) is 16.9 Å². The second kappa shape index (κ2) is 5.55. The Kier molecular flexibility index (Phi) is 3.97. The van der Waals surface area contributed by atoms with Crippen LogP contribution in [0, 0.1) is 6.92 Å². The van der Waals surface area contributed by atoms with Crippen molar-refractivity contribution >= 4 is 0 Å². The molecule has 0 radical (unpaired) electrons. The molecule has 0 heterocycles. The SMILES string of the molecule is COc1ccc(C)cc1-c1cc(O)cc(OC(F)(F)F)c1. The number of phenolic OH excluding ortho intramolecular Hbond substituents is 1. The number of aromatic hydroxyl groups is 1. The molecule has 0 saturated heterocycles. The molecule has 1 N–H and O–H groups in total. The lowest BCUT2D eigenvalue weighted by atomic mass is 10.0. The summed E-state index contributed by atoms with van der Waals surface area (Å²) in [4.78, 5) is 0. The van der Waals surface area contributed by atoms with Crippen LogP contribution in [0.3, 0.4) is 0 Å². The predicted octanol–water partition coefficient (Wildman–Crippen LogP) is 4.27. The van der Waals surface area contributed by atoms with E-state index < -0.39 is 12.1 Å². The average Bonchev–Trinajstić information content (AvgIpc) is 2.35. The maximum Gasteiger partial charge on any atom is 0.573 e. The summed E-state index contributed by atoms with van der Waals surface area (Å²) in [6.45, 7) is 1.85. The maximum atomic E-state index is 12.3. The summed E-state index contributed by atoms with van der Waals surface area (Å²) in [7, 11) is 1.46. The molecule has 0 unspecified atom stereocenters. The van der Waals surface area contributed by atoms with E-state index >= 15 is 0 Å². The number of ether oxygens (including phenoxy) is 2. The molecule has 21 heavy (non-hydrogen) atoms. The average molecular weight is 298 g/mol. The van der Waals surface area contributed by atoms with Crippen molar-refractivity contribution in [3.8, 4) is 28.4 Å². The van der Waals surface area contributed by atoms with E-state index in [0.717, 1.165) is 11.6 Å². The Balaban J connectivity index is 2.52. The van der Waals surface area contributed by atoms with Gasteiger partial charge < -0.3 is 14.6 Å². The summed E-state index contributed by atoms with van der Waals surface area (Å²) in [5.41, 5.74) is 1.85. The number of hydrogen-bond donors (Lipinski definition) is 1. The van der Waals surface area contributed by atoms with Crippen LogP contribution in [0.2, 0.25) is 0 Å². The van der Waals surface area contributed by atoms with Crippen LogP contribution in [0.25, 0.3) is 11.1 Å². The third-order valence-electron chi connectivity index (χ3n) is 2.79. The van der Waals surface area contributed by atoms with Gasteiger partial charge in [0.2, 0.25) is 0 Å². The highest BCUT2D eigenvalue weighted by molar-refractivity contribution is 5.73. The zero-order chi connectivity index (χ0) is 15.6. The smallest absolute Gasteiger partial charge is 0.508 e. The minimum absolute atomic E-state index is 0.324. The van der Waals surface area contributed by atoms with E-state index in [-0.39, 0.29) is 5.75 Å². The van der Waals surface area contributed by atoms with Gasteiger partial charge in [0.15, 0.2) is 0 Å². The molecule has 2 rings (SSSR count). The summed E-state index contributed by atoms with van der Waals surface area (Å²) in [6.07, 6.45) is -4.82. The van der Waals surface area contributed by atoms with Crippen molar-refractivity contribution in [1.29, 1.82) is 0 Å². The number of aryl methyl sites for hydroxylation is 1. The fourth-order valence-electron chi connectivity index (χ4n) is 1.98. The van der Waals surface area contributed by atoms with Gasteiger partial charge in [-0.2, -0.15) is 0 Å². The summed E-state index contributed by atoms with van der Waals surface area (Å²) in [6, 6.07) is 8.73. The van der Waals surface area contributed by atoms with Gasteiger partial charge >= 0.3 is 6.36 Å². The second-order valence-electron chi connectivity index (χ2n) is 4.47. The van der Waals surface area contributed by atoms with Gasteiger partial charge in [-0.1, -0.05) is 11.6 Å². The standard InChI is InChI=1S/C15H13F3O3/c1-9-3-4-14(20-2)13(5-9)10-6-11(19)8-12(7-10)21-15(16,17)18/h3-8,19H,1-2H3. The first-order valence-electron chi connectivity index (χ1n) is 6.03. The fraction of sp³-hybridized carbons (Fsp3) is 0.200. The maximum absolute atomic E-state index is 12.3. The number of halogens is 3. The van der Waals surface area contributed by atoms with Crippen LogP contribution >= 0.6 is 0 Å². The molecule has 0 amide bonds. The van der Waals surface area contributed by atoms with Gasteiger partial charge in [-0.05, 0) is 36.8 Å². The van der Waals surface area contributed by atoms with E-state index in [9.17, 15) is 18.3 Å². The van der Waals surface area contributed by atoms with Gasteiger partial charge in [-0.3, -0.25) is 0 Å². The highest BCUT2D eigenvalue weighted by Gasteiger charge is 2.31. The zero-order valence-electron chi connectivity index (χ0n) is 11.4. The lowest BCUT2D eigenvalue weighted by Gasteiger charge is -2.13. The Morgan fingerprint density at radius 3 is 2.38 bits per heavy atom. The molecule has 3 nitrogen and oxygen atoms in total. The number of phenols is 1. The first kappa shape index (κ1) is 15.0. The van der Waals surface area contributed by atoms with Crippen molar-refractivity contribution in [3.63, 3.8) is 0 Å². The number of methoxy groups -OCH3 is 1. The third-order valence-corrected chi connectivity index (χ3v) is 2.79. The summed E-state index contributed by atoms with van der Waals surface area (Å²) in [5, 5.41) is 9.60. The topological polar surface area (TPSA) is 38.7 Å².